The Morgan fingerprint density at radius 2 is 2.03 bits per heavy atom. The van der Waals surface area contributed by atoms with Gasteiger partial charge in [0.25, 0.3) is 5.91 Å². The quantitative estimate of drug-likeness (QED) is 0.666. The van der Waals surface area contributed by atoms with Crippen LogP contribution in [-0.2, 0) is 22.7 Å². The number of nitrogens with zero attached hydrogens (tertiary/aromatic N) is 2. The molecule has 0 bridgehead atoms. The number of rotatable bonds is 4. The lowest BCUT2D eigenvalue weighted by Gasteiger charge is -2.29. The minimum Gasteiger partial charge on any atom is -0.370 e. The first kappa shape index (κ1) is 18.7. The Bertz CT molecular complexity index is 1040. The molecule has 3 amide bonds. The molecule has 2 unspecified atom stereocenters. The number of amides is 3. The van der Waals surface area contributed by atoms with E-state index in [1.807, 2.05) is 24.3 Å². The fraction of sp³-hybridized carbons (Fsp3) is 0.364. The SMILES string of the molecule is O=C1CCC(N2Cc3cccc(CNC4CCNc5ncccc54)c3C2=O)C(=O)N1. The molecule has 3 aliphatic heterocycles. The van der Waals surface area contributed by atoms with E-state index in [0.717, 1.165) is 35.5 Å². The van der Waals surface area contributed by atoms with Gasteiger partial charge in [0.2, 0.25) is 11.8 Å². The molecule has 3 N–H and O–H groups in total. The molecule has 4 heterocycles. The Morgan fingerprint density at radius 1 is 1.13 bits per heavy atom. The van der Waals surface area contributed by atoms with Crippen molar-refractivity contribution in [2.24, 2.45) is 0 Å². The molecule has 30 heavy (non-hydrogen) atoms. The van der Waals surface area contributed by atoms with E-state index < -0.39 is 6.04 Å². The summed E-state index contributed by atoms with van der Waals surface area (Å²) in [6.45, 7) is 1.79. The molecule has 154 valence electrons. The molecule has 0 saturated carbocycles. The van der Waals surface area contributed by atoms with Crippen LogP contribution in [-0.4, -0.2) is 40.2 Å². The van der Waals surface area contributed by atoms with Gasteiger partial charge in [-0.2, -0.15) is 0 Å². The molecule has 5 rings (SSSR count). The van der Waals surface area contributed by atoms with Gasteiger partial charge < -0.3 is 15.5 Å². The van der Waals surface area contributed by atoms with Gasteiger partial charge in [-0.15, -0.1) is 0 Å². The number of hydrogen-bond donors (Lipinski definition) is 3. The van der Waals surface area contributed by atoms with Crippen LogP contribution in [0.5, 0.6) is 0 Å². The zero-order valence-corrected chi connectivity index (χ0v) is 16.5. The molecular formula is C22H23N5O3. The van der Waals surface area contributed by atoms with Crippen molar-refractivity contribution in [3.05, 3.63) is 58.8 Å². The lowest BCUT2D eigenvalue weighted by Crippen LogP contribution is -2.52. The van der Waals surface area contributed by atoms with Gasteiger partial charge in [0.05, 0.1) is 0 Å². The number of carbonyl (C=O) groups is 3. The van der Waals surface area contributed by atoms with Crippen LogP contribution in [0.15, 0.2) is 36.5 Å². The molecule has 0 radical (unpaired) electrons. The molecule has 0 aliphatic carbocycles. The third kappa shape index (κ3) is 3.23. The largest absolute Gasteiger partial charge is 0.370 e. The van der Waals surface area contributed by atoms with Crippen LogP contribution in [0.25, 0.3) is 0 Å². The van der Waals surface area contributed by atoms with E-state index in [1.54, 1.807) is 11.1 Å². The molecule has 2 atom stereocenters. The van der Waals surface area contributed by atoms with Crippen LogP contribution in [0.3, 0.4) is 0 Å². The van der Waals surface area contributed by atoms with Crippen LogP contribution in [0, 0.1) is 0 Å². The fourth-order valence-electron chi connectivity index (χ4n) is 4.62. The molecule has 1 saturated heterocycles. The van der Waals surface area contributed by atoms with Crippen LogP contribution in [0.4, 0.5) is 5.82 Å². The Labute approximate surface area is 174 Å². The molecule has 8 heteroatoms. The van der Waals surface area contributed by atoms with E-state index in [9.17, 15) is 14.4 Å². The maximum atomic E-state index is 13.2. The molecular weight excluding hydrogens is 382 g/mol. The number of fused-ring (bicyclic) bond motifs is 2. The Kier molecular flexibility index (Phi) is 4.71. The summed E-state index contributed by atoms with van der Waals surface area (Å²) >= 11 is 0. The molecule has 8 nitrogen and oxygen atoms in total. The van der Waals surface area contributed by atoms with Crippen molar-refractivity contribution in [1.29, 1.82) is 0 Å². The zero-order chi connectivity index (χ0) is 20.7. The summed E-state index contributed by atoms with van der Waals surface area (Å²) in [6, 6.07) is 9.42. The summed E-state index contributed by atoms with van der Waals surface area (Å²) < 4.78 is 0. The number of nitrogens with one attached hydrogen (secondary N) is 3. The predicted octanol–water partition coefficient (Wildman–Crippen LogP) is 1.49. The van der Waals surface area contributed by atoms with E-state index in [1.165, 1.54) is 0 Å². The number of hydrogen-bond acceptors (Lipinski definition) is 6. The number of aromatic nitrogens is 1. The fourth-order valence-corrected chi connectivity index (χ4v) is 4.62. The molecule has 1 aromatic heterocycles. The Morgan fingerprint density at radius 3 is 2.90 bits per heavy atom. The van der Waals surface area contributed by atoms with E-state index in [-0.39, 0.29) is 30.2 Å². The summed E-state index contributed by atoms with van der Waals surface area (Å²) in [7, 11) is 0. The molecule has 0 spiro atoms. The number of imide groups is 1. The van der Waals surface area contributed by atoms with Crippen molar-refractivity contribution >= 4 is 23.5 Å². The highest BCUT2D eigenvalue weighted by molar-refractivity contribution is 6.06. The van der Waals surface area contributed by atoms with Gasteiger partial charge in [-0.3, -0.25) is 19.7 Å². The highest BCUT2D eigenvalue weighted by Crippen LogP contribution is 2.31. The molecule has 3 aliphatic rings. The summed E-state index contributed by atoms with van der Waals surface area (Å²) in [5.74, 6) is 0.108. The lowest BCUT2D eigenvalue weighted by atomic mass is 9.99. The molecule has 1 aromatic carbocycles. The molecule has 2 aromatic rings. The highest BCUT2D eigenvalue weighted by atomic mass is 16.2. The third-order valence-corrected chi connectivity index (χ3v) is 6.12. The smallest absolute Gasteiger partial charge is 0.255 e. The van der Waals surface area contributed by atoms with Gasteiger partial charge in [0.1, 0.15) is 11.9 Å². The monoisotopic (exact) mass is 405 g/mol. The van der Waals surface area contributed by atoms with E-state index in [0.29, 0.717) is 25.1 Å². The second kappa shape index (κ2) is 7.53. The number of carbonyl (C=O) groups excluding carboxylic acids is 3. The number of anilines is 1. The van der Waals surface area contributed by atoms with Gasteiger partial charge in [-0.25, -0.2) is 4.98 Å². The van der Waals surface area contributed by atoms with E-state index in [2.05, 4.69) is 27.0 Å². The maximum absolute atomic E-state index is 13.2. The summed E-state index contributed by atoms with van der Waals surface area (Å²) in [4.78, 5) is 42.9. The average molecular weight is 405 g/mol. The van der Waals surface area contributed by atoms with Crippen molar-refractivity contribution in [2.75, 3.05) is 11.9 Å². The van der Waals surface area contributed by atoms with Gasteiger partial charge in [0, 0.05) is 49.4 Å². The Balaban J connectivity index is 1.35. The lowest BCUT2D eigenvalue weighted by molar-refractivity contribution is -0.136. The predicted molar refractivity (Wildman–Crippen MR) is 109 cm³/mol. The first-order valence-corrected chi connectivity index (χ1v) is 10.3. The Hall–Kier alpha value is -3.26. The average Bonchev–Trinajstić information content (AvgIpc) is 3.09. The van der Waals surface area contributed by atoms with E-state index >= 15 is 0 Å². The van der Waals surface area contributed by atoms with Crippen molar-refractivity contribution < 1.29 is 14.4 Å². The van der Waals surface area contributed by atoms with Gasteiger partial charge >= 0.3 is 0 Å². The topological polar surface area (TPSA) is 103 Å². The summed E-state index contributed by atoms with van der Waals surface area (Å²) in [5, 5.41) is 9.24. The maximum Gasteiger partial charge on any atom is 0.255 e. The first-order chi connectivity index (χ1) is 14.6. The van der Waals surface area contributed by atoms with Crippen molar-refractivity contribution in [3.8, 4) is 0 Å². The van der Waals surface area contributed by atoms with Gasteiger partial charge in [0.15, 0.2) is 0 Å². The van der Waals surface area contributed by atoms with Crippen LogP contribution in [0.1, 0.15) is 52.4 Å². The van der Waals surface area contributed by atoms with Crippen LogP contribution < -0.4 is 16.0 Å². The number of piperidine rings is 1. The summed E-state index contributed by atoms with van der Waals surface area (Å²) in [5.41, 5.74) is 3.66. The zero-order valence-electron chi connectivity index (χ0n) is 16.5. The normalized spacial score (nSPS) is 22.9. The number of pyridine rings is 1. The minimum absolute atomic E-state index is 0.135. The third-order valence-electron chi connectivity index (χ3n) is 6.12. The second-order valence-electron chi connectivity index (χ2n) is 7.94. The summed E-state index contributed by atoms with van der Waals surface area (Å²) in [6.07, 6.45) is 3.34. The van der Waals surface area contributed by atoms with E-state index in [4.69, 9.17) is 0 Å². The second-order valence-corrected chi connectivity index (χ2v) is 7.94. The minimum atomic E-state index is -0.592. The van der Waals surface area contributed by atoms with Crippen LogP contribution >= 0.6 is 0 Å². The van der Waals surface area contributed by atoms with Gasteiger partial charge in [-0.05, 0) is 30.0 Å². The first-order valence-electron chi connectivity index (χ1n) is 10.3. The van der Waals surface area contributed by atoms with Crippen molar-refractivity contribution in [3.63, 3.8) is 0 Å². The highest BCUT2D eigenvalue weighted by Gasteiger charge is 2.40. The number of benzene rings is 1. The van der Waals surface area contributed by atoms with Crippen molar-refractivity contribution in [2.45, 2.75) is 44.4 Å². The van der Waals surface area contributed by atoms with Crippen molar-refractivity contribution in [1.82, 2.24) is 20.5 Å². The standard InChI is InChI=1S/C22H23N5O3/c28-18-7-6-17(21(29)26-18)27-12-14-4-1-3-13(19(14)22(27)30)11-25-16-8-10-24-20-15(16)5-2-9-23-20/h1-5,9,16-17,25H,6-8,10-12H2,(H,23,24)(H,26,28,29). The molecule has 1 fully saturated rings. The van der Waals surface area contributed by atoms with Crippen LogP contribution in [0.2, 0.25) is 0 Å². The van der Waals surface area contributed by atoms with Gasteiger partial charge in [-0.1, -0.05) is 24.3 Å².